The lowest BCUT2D eigenvalue weighted by Gasteiger charge is -2.40. The van der Waals surface area contributed by atoms with E-state index in [2.05, 4.69) is 34.9 Å². The van der Waals surface area contributed by atoms with Crippen molar-refractivity contribution in [2.45, 2.75) is 31.6 Å². The summed E-state index contributed by atoms with van der Waals surface area (Å²) in [6.07, 6.45) is 2.43. The van der Waals surface area contributed by atoms with Crippen molar-refractivity contribution in [3.05, 3.63) is 59.7 Å². The Morgan fingerprint density at radius 3 is 2.15 bits per heavy atom. The van der Waals surface area contributed by atoms with Gasteiger partial charge in [-0.2, -0.15) is 0 Å². The first-order valence-corrected chi connectivity index (χ1v) is 11.6. The number of fused-ring (bicyclic) bond motifs is 3. The number of ether oxygens (including phenoxy) is 1. The van der Waals surface area contributed by atoms with Crippen LogP contribution < -0.4 is 10.6 Å². The maximum Gasteiger partial charge on any atom is 0.407 e. The van der Waals surface area contributed by atoms with E-state index in [1.165, 1.54) is 11.1 Å². The minimum Gasteiger partial charge on any atom is -0.481 e. The highest BCUT2D eigenvalue weighted by molar-refractivity contribution is 5.85. The number of carboxylic acids is 1. The van der Waals surface area contributed by atoms with Gasteiger partial charge in [0, 0.05) is 19.0 Å². The molecule has 2 atom stereocenters. The van der Waals surface area contributed by atoms with Crippen LogP contribution in [0.2, 0.25) is 0 Å². The quantitative estimate of drug-likeness (QED) is 0.573. The van der Waals surface area contributed by atoms with Gasteiger partial charge in [-0.25, -0.2) is 4.79 Å². The molecule has 0 saturated heterocycles. The van der Waals surface area contributed by atoms with E-state index in [0.29, 0.717) is 25.8 Å². The fourth-order valence-electron chi connectivity index (χ4n) is 5.17. The van der Waals surface area contributed by atoms with E-state index in [1.54, 1.807) is 0 Å². The number of rotatable bonds is 8. The number of carboxylic acid groups (broad SMARTS) is 1. The van der Waals surface area contributed by atoms with Crippen LogP contribution >= 0.6 is 0 Å². The highest BCUT2D eigenvalue weighted by Gasteiger charge is 2.47. The average Bonchev–Trinajstić information content (AvgIpc) is 3.51. The third-order valence-corrected chi connectivity index (χ3v) is 7.47. The second-order valence-electron chi connectivity index (χ2n) is 9.46. The summed E-state index contributed by atoms with van der Waals surface area (Å²) >= 11 is 0. The Labute approximate surface area is 192 Å². The number of carbonyl (C=O) groups is 3. The van der Waals surface area contributed by atoms with Crippen molar-refractivity contribution in [2.24, 2.45) is 17.3 Å². The average molecular weight is 449 g/mol. The second kappa shape index (κ2) is 8.54. The number of hydrogen-bond donors (Lipinski definition) is 3. The topological polar surface area (TPSA) is 105 Å². The molecule has 0 aromatic heterocycles. The highest BCUT2D eigenvalue weighted by atomic mass is 16.5. The summed E-state index contributed by atoms with van der Waals surface area (Å²) in [5, 5.41) is 14.7. The molecule has 3 N–H and O–H groups in total. The predicted molar refractivity (Wildman–Crippen MR) is 122 cm³/mol. The van der Waals surface area contributed by atoms with E-state index >= 15 is 0 Å². The molecule has 33 heavy (non-hydrogen) atoms. The SMILES string of the molecule is O=C(NCC1(C(=O)NCC2CC2C(=O)O)CCC1)OCC1c2ccccc2-c2ccccc21. The summed E-state index contributed by atoms with van der Waals surface area (Å²) in [7, 11) is 0. The van der Waals surface area contributed by atoms with E-state index in [1.807, 2.05) is 24.3 Å². The van der Waals surface area contributed by atoms with Gasteiger partial charge in [0.15, 0.2) is 0 Å². The molecule has 3 aliphatic rings. The van der Waals surface area contributed by atoms with Crippen LogP contribution in [-0.4, -0.2) is 42.8 Å². The molecule has 0 heterocycles. The molecule has 0 radical (unpaired) electrons. The van der Waals surface area contributed by atoms with Crippen LogP contribution in [-0.2, 0) is 14.3 Å². The molecule has 172 valence electrons. The summed E-state index contributed by atoms with van der Waals surface area (Å²) < 4.78 is 5.59. The molecule has 2 aromatic carbocycles. The molecule has 7 nitrogen and oxygen atoms in total. The molecule has 2 saturated carbocycles. The number of aliphatic carboxylic acids is 1. The van der Waals surface area contributed by atoms with Gasteiger partial charge < -0.3 is 20.5 Å². The molecular formula is C26H28N2O5. The Kier molecular flexibility index (Phi) is 5.56. The van der Waals surface area contributed by atoms with Crippen LogP contribution in [0.15, 0.2) is 48.5 Å². The van der Waals surface area contributed by atoms with E-state index in [-0.39, 0.29) is 36.8 Å². The number of carbonyl (C=O) groups excluding carboxylic acids is 2. The molecular weight excluding hydrogens is 420 g/mol. The normalized spacial score (nSPS) is 21.8. The molecule has 2 unspecified atom stereocenters. The van der Waals surface area contributed by atoms with Crippen LogP contribution in [0, 0.1) is 17.3 Å². The molecule has 3 aliphatic carbocycles. The molecule has 7 heteroatoms. The summed E-state index contributed by atoms with van der Waals surface area (Å²) in [6, 6.07) is 16.3. The standard InChI is InChI=1S/C26H28N2O5/c29-23(30)21-12-16(21)13-27-24(31)26(10-5-11-26)15-28-25(32)33-14-22-19-8-3-1-6-17(19)18-7-2-4-9-20(18)22/h1-4,6-9,16,21-22H,5,10-15H2,(H,27,31)(H,28,32)(H,29,30). The molecule has 2 amide bonds. The molecule has 0 bridgehead atoms. The largest absolute Gasteiger partial charge is 0.481 e. The number of benzene rings is 2. The third kappa shape index (κ3) is 4.08. The van der Waals surface area contributed by atoms with Crippen LogP contribution in [0.5, 0.6) is 0 Å². The van der Waals surface area contributed by atoms with E-state index in [0.717, 1.165) is 17.5 Å². The van der Waals surface area contributed by atoms with Crippen molar-refractivity contribution >= 4 is 18.0 Å². The maximum absolute atomic E-state index is 12.8. The number of hydrogen-bond acceptors (Lipinski definition) is 4. The number of nitrogens with one attached hydrogen (secondary N) is 2. The third-order valence-electron chi connectivity index (χ3n) is 7.47. The second-order valence-corrected chi connectivity index (χ2v) is 9.46. The summed E-state index contributed by atoms with van der Waals surface area (Å²) in [6.45, 7) is 0.836. The summed E-state index contributed by atoms with van der Waals surface area (Å²) in [5.74, 6) is -1.25. The van der Waals surface area contributed by atoms with Gasteiger partial charge in [-0.05, 0) is 47.4 Å². The molecule has 2 aromatic rings. The van der Waals surface area contributed by atoms with Gasteiger partial charge in [0.2, 0.25) is 5.91 Å². The van der Waals surface area contributed by atoms with Crippen molar-refractivity contribution in [1.82, 2.24) is 10.6 Å². The smallest absolute Gasteiger partial charge is 0.407 e. The number of amides is 2. The van der Waals surface area contributed by atoms with Crippen LogP contribution in [0.3, 0.4) is 0 Å². The summed E-state index contributed by atoms with van der Waals surface area (Å²) in [5.41, 5.74) is 4.03. The van der Waals surface area contributed by atoms with Gasteiger partial charge in [0.05, 0.1) is 11.3 Å². The van der Waals surface area contributed by atoms with E-state index in [4.69, 9.17) is 9.84 Å². The first kappa shape index (κ1) is 21.5. The first-order valence-electron chi connectivity index (χ1n) is 11.6. The van der Waals surface area contributed by atoms with Crippen molar-refractivity contribution < 1.29 is 24.2 Å². The zero-order valence-corrected chi connectivity index (χ0v) is 18.4. The number of alkyl carbamates (subject to hydrolysis) is 1. The van der Waals surface area contributed by atoms with E-state index in [9.17, 15) is 14.4 Å². The Morgan fingerprint density at radius 1 is 0.970 bits per heavy atom. The van der Waals surface area contributed by atoms with Gasteiger partial charge in [0.1, 0.15) is 6.61 Å². The highest BCUT2D eigenvalue weighted by Crippen LogP contribution is 2.45. The lowest BCUT2D eigenvalue weighted by atomic mass is 9.68. The Balaban J connectivity index is 1.14. The zero-order valence-electron chi connectivity index (χ0n) is 18.4. The Bertz CT molecular complexity index is 1050. The van der Waals surface area contributed by atoms with Crippen LogP contribution in [0.4, 0.5) is 4.79 Å². The molecule has 2 fully saturated rings. The van der Waals surface area contributed by atoms with Gasteiger partial charge >= 0.3 is 12.1 Å². The van der Waals surface area contributed by atoms with Crippen LogP contribution in [0.25, 0.3) is 11.1 Å². The first-order chi connectivity index (χ1) is 16.0. The van der Waals surface area contributed by atoms with Gasteiger partial charge in [0.25, 0.3) is 0 Å². The molecule has 0 aliphatic heterocycles. The van der Waals surface area contributed by atoms with E-state index < -0.39 is 17.5 Å². The predicted octanol–water partition coefficient (Wildman–Crippen LogP) is 3.53. The van der Waals surface area contributed by atoms with Crippen LogP contribution in [0.1, 0.15) is 42.7 Å². The van der Waals surface area contributed by atoms with Crippen molar-refractivity contribution in [3.63, 3.8) is 0 Å². The lowest BCUT2D eigenvalue weighted by Crippen LogP contribution is -2.52. The summed E-state index contributed by atoms with van der Waals surface area (Å²) in [4.78, 5) is 36.2. The van der Waals surface area contributed by atoms with Gasteiger partial charge in [-0.1, -0.05) is 55.0 Å². The zero-order chi connectivity index (χ0) is 23.0. The molecule has 0 spiro atoms. The van der Waals surface area contributed by atoms with Gasteiger partial charge in [-0.15, -0.1) is 0 Å². The minimum absolute atomic E-state index is 0.00941. The minimum atomic E-state index is -0.801. The maximum atomic E-state index is 12.8. The molecule has 5 rings (SSSR count). The monoisotopic (exact) mass is 448 g/mol. The van der Waals surface area contributed by atoms with Gasteiger partial charge in [-0.3, -0.25) is 9.59 Å². The Morgan fingerprint density at radius 2 is 1.61 bits per heavy atom. The fraction of sp³-hybridized carbons (Fsp3) is 0.423. The fourth-order valence-corrected chi connectivity index (χ4v) is 5.17. The van der Waals surface area contributed by atoms with Crippen molar-refractivity contribution in [2.75, 3.05) is 19.7 Å². The van der Waals surface area contributed by atoms with Crippen molar-refractivity contribution in [3.8, 4) is 11.1 Å². The lowest BCUT2D eigenvalue weighted by molar-refractivity contribution is -0.139. The Hall–Kier alpha value is -3.35. The van der Waals surface area contributed by atoms with Crippen molar-refractivity contribution in [1.29, 1.82) is 0 Å².